The first kappa shape index (κ1) is 13.6. The number of carbonyl (C=O) groups excluding carboxylic acids is 1. The molecule has 0 radical (unpaired) electrons. The van der Waals surface area contributed by atoms with Crippen LogP contribution in [0.15, 0.2) is 18.2 Å². The van der Waals surface area contributed by atoms with E-state index >= 15 is 0 Å². The number of carbonyl (C=O) groups is 1. The molecule has 1 aromatic carbocycles. The maximum atomic E-state index is 11.9. The second-order valence-electron chi connectivity index (χ2n) is 4.72. The molecule has 0 saturated heterocycles. The van der Waals surface area contributed by atoms with Crippen LogP contribution in [0.2, 0.25) is 0 Å². The number of anilines is 1. The van der Waals surface area contributed by atoms with Crippen LogP contribution in [0.3, 0.4) is 0 Å². The van der Waals surface area contributed by atoms with E-state index < -0.39 is 0 Å². The van der Waals surface area contributed by atoms with Crippen molar-refractivity contribution in [3.8, 4) is 0 Å². The average molecular weight is 234 g/mol. The Morgan fingerprint density at radius 3 is 2.59 bits per heavy atom. The summed E-state index contributed by atoms with van der Waals surface area (Å²) in [6, 6.07) is 5.77. The number of rotatable bonds is 5. The topological polar surface area (TPSA) is 41.1 Å². The van der Waals surface area contributed by atoms with Gasteiger partial charge in [-0.1, -0.05) is 13.8 Å². The van der Waals surface area contributed by atoms with Gasteiger partial charge in [-0.25, -0.2) is 0 Å². The highest BCUT2D eigenvalue weighted by Gasteiger charge is 2.08. The summed E-state index contributed by atoms with van der Waals surface area (Å²) in [5.74, 6) is 0.633. The van der Waals surface area contributed by atoms with Crippen molar-refractivity contribution in [1.29, 1.82) is 0 Å². The number of benzene rings is 1. The van der Waals surface area contributed by atoms with Crippen LogP contribution in [-0.2, 0) is 0 Å². The summed E-state index contributed by atoms with van der Waals surface area (Å²) in [6.45, 7) is 7.00. The zero-order chi connectivity index (χ0) is 12.8. The largest absolute Gasteiger partial charge is 0.388 e. The van der Waals surface area contributed by atoms with Crippen molar-refractivity contribution < 1.29 is 4.79 Å². The normalized spacial score (nSPS) is 10.4. The molecular formula is C14H22N2O. The lowest BCUT2D eigenvalue weighted by Crippen LogP contribution is -2.26. The molecule has 2 N–H and O–H groups in total. The number of hydrogen-bond acceptors (Lipinski definition) is 2. The number of hydrogen-bond donors (Lipinski definition) is 2. The third-order valence-corrected chi connectivity index (χ3v) is 2.77. The van der Waals surface area contributed by atoms with Crippen LogP contribution in [0, 0.1) is 12.8 Å². The lowest BCUT2D eigenvalue weighted by Gasteiger charge is -2.10. The molecule has 0 heterocycles. The molecule has 17 heavy (non-hydrogen) atoms. The predicted octanol–water partition coefficient (Wildman–Crippen LogP) is 2.81. The molecule has 0 unspecified atom stereocenters. The Kier molecular flexibility index (Phi) is 5.01. The number of nitrogens with one attached hydrogen (secondary N) is 2. The monoisotopic (exact) mass is 234 g/mol. The van der Waals surface area contributed by atoms with E-state index in [1.54, 1.807) is 0 Å². The van der Waals surface area contributed by atoms with E-state index in [1.807, 2.05) is 32.2 Å². The van der Waals surface area contributed by atoms with Gasteiger partial charge in [-0.2, -0.15) is 0 Å². The molecule has 94 valence electrons. The van der Waals surface area contributed by atoms with E-state index in [9.17, 15) is 4.79 Å². The molecule has 0 fully saturated rings. The lowest BCUT2D eigenvalue weighted by atomic mass is 10.1. The maximum absolute atomic E-state index is 11.9. The van der Waals surface area contributed by atoms with Crippen molar-refractivity contribution in [3.63, 3.8) is 0 Å². The Labute approximate surface area is 104 Å². The Hall–Kier alpha value is -1.51. The molecule has 1 aromatic rings. The van der Waals surface area contributed by atoms with Crippen molar-refractivity contribution in [3.05, 3.63) is 29.3 Å². The van der Waals surface area contributed by atoms with E-state index in [0.29, 0.717) is 5.92 Å². The van der Waals surface area contributed by atoms with E-state index in [-0.39, 0.29) is 5.91 Å². The average Bonchev–Trinajstić information content (AvgIpc) is 2.28. The molecule has 0 aliphatic heterocycles. The SMILES string of the molecule is CNc1ccc(C(=O)NCCC(C)C)c(C)c1. The Morgan fingerprint density at radius 2 is 2.06 bits per heavy atom. The first-order valence-corrected chi connectivity index (χ1v) is 6.11. The summed E-state index contributed by atoms with van der Waals surface area (Å²) in [4.78, 5) is 11.9. The highest BCUT2D eigenvalue weighted by atomic mass is 16.1. The van der Waals surface area contributed by atoms with Crippen molar-refractivity contribution in [1.82, 2.24) is 5.32 Å². The molecule has 1 rings (SSSR count). The zero-order valence-corrected chi connectivity index (χ0v) is 11.1. The molecule has 1 amide bonds. The van der Waals surface area contributed by atoms with Gasteiger partial charge in [0.15, 0.2) is 0 Å². The van der Waals surface area contributed by atoms with Gasteiger partial charge in [0.1, 0.15) is 0 Å². The van der Waals surface area contributed by atoms with E-state index in [2.05, 4.69) is 24.5 Å². The number of aryl methyl sites for hydroxylation is 1. The standard InChI is InChI=1S/C14H22N2O/c1-10(2)7-8-16-14(17)13-6-5-12(15-4)9-11(13)3/h5-6,9-10,15H,7-8H2,1-4H3,(H,16,17). The summed E-state index contributed by atoms with van der Waals surface area (Å²) in [7, 11) is 1.87. The molecule has 0 bridgehead atoms. The van der Waals surface area contributed by atoms with Crippen LogP contribution in [0.1, 0.15) is 36.2 Å². The molecule has 0 spiro atoms. The fourth-order valence-corrected chi connectivity index (χ4v) is 1.64. The molecule has 0 atom stereocenters. The molecule has 0 saturated carbocycles. The third-order valence-electron chi connectivity index (χ3n) is 2.77. The zero-order valence-electron chi connectivity index (χ0n) is 11.1. The first-order valence-electron chi connectivity index (χ1n) is 6.11. The van der Waals surface area contributed by atoms with Crippen LogP contribution >= 0.6 is 0 Å². The van der Waals surface area contributed by atoms with Crippen molar-refractivity contribution in [2.24, 2.45) is 5.92 Å². The first-order chi connectivity index (χ1) is 8.04. The van der Waals surface area contributed by atoms with Gasteiger partial charge in [-0.3, -0.25) is 4.79 Å². The van der Waals surface area contributed by atoms with Crippen LogP contribution in [0.4, 0.5) is 5.69 Å². The summed E-state index contributed by atoms with van der Waals surface area (Å²) in [5.41, 5.74) is 2.79. The quantitative estimate of drug-likeness (QED) is 0.822. The van der Waals surface area contributed by atoms with Gasteiger partial charge in [0.2, 0.25) is 0 Å². The van der Waals surface area contributed by atoms with Gasteiger partial charge in [-0.05, 0) is 43.0 Å². The van der Waals surface area contributed by atoms with Crippen molar-refractivity contribution >= 4 is 11.6 Å². The highest BCUT2D eigenvalue weighted by Crippen LogP contribution is 2.14. The minimum Gasteiger partial charge on any atom is -0.388 e. The molecule has 3 heteroatoms. The van der Waals surface area contributed by atoms with Gasteiger partial charge < -0.3 is 10.6 Å². The summed E-state index contributed by atoms with van der Waals surface area (Å²) < 4.78 is 0. The Morgan fingerprint density at radius 1 is 1.35 bits per heavy atom. The third kappa shape index (κ3) is 4.10. The van der Waals surface area contributed by atoms with Gasteiger partial charge in [0.05, 0.1) is 0 Å². The summed E-state index contributed by atoms with van der Waals surface area (Å²) in [5, 5.41) is 6.01. The summed E-state index contributed by atoms with van der Waals surface area (Å²) >= 11 is 0. The number of amides is 1. The Balaban J connectivity index is 2.63. The predicted molar refractivity (Wildman–Crippen MR) is 72.5 cm³/mol. The highest BCUT2D eigenvalue weighted by molar-refractivity contribution is 5.96. The minimum absolute atomic E-state index is 0.0193. The van der Waals surface area contributed by atoms with E-state index in [0.717, 1.165) is 29.8 Å². The van der Waals surface area contributed by atoms with Gasteiger partial charge >= 0.3 is 0 Å². The molecular weight excluding hydrogens is 212 g/mol. The van der Waals surface area contributed by atoms with Crippen LogP contribution in [0.5, 0.6) is 0 Å². The molecule has 3 nitrogen and oxygen atoms in total. The van der Waals surface area contributed by atoms with E-state index in [4.69, 9.17) is 0 Å². The molecule has 0 aliphatic carbocycles. The minimum atomic E-state index is 0.0193. The van der Waals surface area contributed by atoms with E-state index in [1.165, 1.54) is 0 Å². The van der Waals surface area contributed by atoms with Crippen LogP contribution in [-0.4, -0.2) is 19.5 Å². The second kappa shape index (κ2) is 6.28. The van der Waals surface area contributed by atoms with Crippen molar-refractivity contribution in [2.45, 2.75) is 27.2 Å². The van der Waals surface area contributed by atoms with Crippen LogP contribution < -0.4 is 10.6 Å². The molecule has 0 aliphatic rings. The fraction of sp³-hybridized carbons (Fsp3) is 0.500. The van der Waals surface area contributed by atoms with Gasteiger partial charge in [0, 0.05) is 24.8 Å². The van der Waals surface area contributed by atoms with Crippen molar-refractivity contribution in [2.75, 3.05) is 18.9 Å². The second-order valence-corrected chi connectivity index (χ2v) is 4.72. The summed E-state index contributed by atoms with van der Waals surface area (Å²) in [6.07, 6.45) is 1.01. The fourth-order valence-electron chi connectivity index (χ4n) is 1.64. The molecule has 0 aromatic heterocycles. The maximum Gasteiger partial charge on any atom is 0.251 e. The van der Waals surface area contributed by atoms with Gasteiger partial charge in [-0.15, -0.1) is 0 Å². The Bertz CT molecular complexity index is 386. The van der Waals surface area contributed by atoms with Crippen LogP contribution in [0.25, 0.3) is 0 Å². The van der Waals surface area contributed by atoms with Gasteiger partial charge in [0.25, 0.3) is 5.91 Å². The lowest BCUT2D eigenvalue weighted by molar-refractivity contribution is 0.0951. The smallest absolute Gasteiger partial charge is 0.251 e.